The number of benzene rings is 1. The molecule has 2 rings (SSSR count). The highest BCUT2D eigenvalue weighted by molar-refractivity contribution is 14.1. The van der Waals surface area contributed by atoms with Crippen LogP contribution in [0.15, 0.2) is 18.2 Å². The Kier molecular flexibility index (Phi) is 5.33. The summed E-state index contributed by atoms with van der Waals surface area (Å²) in [6, 6.07) is 5.39. The number of alkyl halides is 1. The van der Waals surface area contributed by atoms with Gasteiger partial charge in [0.15, 0.2) is 0 Å². The van der Waals surface area contributed by atoms with E-state index in [0.29, 0.717) is 11.4 Å². The molecule has 1 aliphatic rings. The SMILES string of the molecule is O=C(c1cc(I)ccc1O)N1CCCC1CCCCl. The third-order valence-corrected chi connectivity index (χ3v) is 4.44. The number of carbonyl (C=O) groups excluding carboxylic acids is 1. The molecule has 1 heterocycles. The Morgan fingerprint density at radius 2 is 2.32 bits per heavy atom. The zero-order valence-corrected chi connectivity index (χ0v) is 13.5. The predicted molar refractivity (Wildman–Crippen MR) is 84.8 cm³/mol. The Morgan fingerprint density at radius 3 is 3.05 bits per heavy atom. The van der Waals surface area contributed by atoms with Gasteiger partial charge in [-0.25, -0.2) is 0 Å². The monoisotopic (exact) mass is 393 g/mol. The van der Waals surface area contributed by atoms with E-state index in [1.165, 1.54) is 0 Å². The molecule has 5 heteroatoms. The molecule has 1 aromatic carbocycles. The number of likely N-dealkylation sites (tertiary alicyclic amines) is 1. The molecule has 1 fully saturated rings. The van der Waals surface area contributed by atoms with E-state index < -0.39 is 0 Å². The number of hydrogen-bond acceptors (Lipinski definition) is 2. The topological polar surface area (TPSA) is 40.5 Å². The highest BCUT2D eigenvalue weighted by atomic mass is 127. The zero-order valence-electron chi connectivity index (χ0n) is 10.6. The Labute approximate surface area is 132 Å². The number of phenolic OH excluding ortho intramolecular Hbond substituents is 1. The van der Waals surface area contributed by atoms with E-state index >= 15 is 0 Å². The summed E-state index contributed by atoms with van der Waals surface area (Å²) in [5.74, 6) is 0.633. The van der Waals surface area contributed by atoms with Gasteiger partial charge in [-0.05, 0) is 66.5 Å². The third kappa shape index (κ3) is 3.54. The van der Waals surface area contributed by atoms with Crippen molar-refractivity contribution in [2.45, 2.75) is 31.7 Å². The largest absolute Gasteiger partial charge is 0.507 e. The number of amides is 1. The summed E-state index contributed by atoms with van der Waals surface area (Å²) >= 11 is 7.87. The van der Waals surface area contributed by atoms with Crippen LogP contribution in [0.5, 0.6) is 5.75 Å². The molecule has 1 amide bonds. The Hall–Kier alpha value is -0.490. The number of aromatic hydroxyl groups is 1. The lowest BCUT2D eigenvalue weighted by molar-refractivity contribution is 0.0727. The van der Waals surface area contributed by atoms with Crippen LogP contribution in [0.3, 0.4) is 0 Å². The molecule has 0 saturated carbocycles. The number of nitrogens with zero attached hydrogens (tertiary/aromatic N) is 1. The molecule has 0 aliphatic carbocycles. The van der Waals surface area contributed by atoms with Gasteiger partial charge in [0.05, 0.1) is 5.56 Å². The zero-order chi connectivity index (χ0) is 13.8. The van der Waals surface area contributed by atoms with Crippen LogP contribution in [-0.2, 0) is 0 Å². The minimum Gasteiger partial charge on any atom is -0.507 e. The van der Waals surface area contributed by atoms with Crippen molar-refractivity contribution in [1.29, 1.82) is 0 Å². The summed E-state index contributed by atoms with van der Waals surface area (Å²) in [5, 5.41) is 9.86. The fourth-order valence-electron chi connectivity index (χ4n) is 2.55. The number of phenols is 1. The first kappa shape index (κ1) is 14.9. The van der Waals surface area contributed by atoms with E-state index in [-0.39, 0.29) is 17.7 Å². The normalized spacial score (nSPS) is 18.8. The van der Waals surface area contributed by atoms with E-state index in [0.717, 1.165) is 35.8 Å². The van der Waals surface area contributed by atoms with Crippen LogP contribution in [0.1, 0.15) is 36.0 Å². The van der Waals surface area contributed by atoms with Gasteiger partial charge in [-0.15, -0.1) is 11.6 Å². The second kappa shape index (κ2) is 6.79. The van der Waals surface area contributed by atoms with Crippen molar-refractivity contribution < 1.29 is 9.90 Å². The Bertz CT molecular complexity index is 467. The molecule has 1 atom stereocenters. The molecule has 0 bridgehead atoms. The average Bonchev–Trinajstić information content (AvgIpc) is 2.86. The number of carbonyl (C=O) groups is 1. The second-order valence-corrected chi connectivity index (χ2v) is 6.41. The summed E-state index contributed by atoms with van der Waals surface area (Å²) in [5.41, 5.74) is 0.407. The minimum atomic E-state index is -0.0620. The van der Waals surface area contributed by atoms with Crippen molar-refractivity contribution in [2.75, 3.05) is 12.4 Å². The van der Waals surface area contributed by atoms with Gasteiger partial charge in [0, 0.05) is 22.0 Å². The molecule has 1 saturated heterocycles. The van der Waals surface area contributed by atoms with Gasteiger partial charge < -0.3 is 10.0 Å². The lowest BCUT2D eigenvalue weighted by Gasteiger charge is -2.25. The molecule has 19 heavy (non-hydrogen) atoms. The number of rotatable bonds is 4. The number of halogens is 2. The van der Waals surface area contributed by atoms with E-state index in [1.807, 2.05) is 4.90 Å². The summed E-state index contributed by atoms with van der Waals surface area (Å²) in [7, 11) is 0. The van der Waals surface area contributed by atoms with Gasteiger partial charge in [0.1, 0.15) is 5.75 Å². The average molecular weight is 394 g/mol. The third-order valence-electron chi connectivity index (χ3n) is 3.50. The Balaban J connectivity index is 2.16. The summed E-state index contributed by atoms with van der Waals surface area (Å²) < 4.78 is 0.954. The van der Waals surface area contributed by atoms with Gasteiger partial charge in [-0.3, -0.25) is 4.79 Å². The molecular weight excluding hydrogens is 377 g/mol. The Morgan fingerprint density at radius 1 is 1.53 bits per heavy atom. The maximum absolute atomic E-state index is 12.5. The highest BCUT2D eigenvalue weighted by Crippen LogP contribution is 2.27. The summed E-state index contributed by atoms with van der Waals surface area (Å²) in [6.07, 6.45) is 3.94. The van der Waals surface area contributed by atoms with Crippen LogP contribution >= 0.6 is 34.2 Å². The first-order chi connectivity index (χ1) is 9.13. The second-order valence-electron chi connectivity index (χ2n) is 4.79. The molecule has 1 N–H and O–H groups in total. The predicted octanol–water partition coefficient (Wildman–Crippen LogP) is 3.62. The highest BCUT2D eigenvalue weighted by Gasteiger charge is 2.30. The van der Waals surface area contributed by atoms with Crippen LogP contribution < -0.4 is 0 Å². The standard InChI is InChI=1S/C14H17ClINO2/c15-7-1-3-11-4-2-8-17(11)14(19)12-9-10(16)5-6-13(12)18/h5-6,9,11,18H,1-4,7-8H2. The molecule has 3 nitrogen and oxygen atoms in total. The molecule has 1 aliphatic heterocycles. The van der Waals surface area contributed by atoms with Gasteiger partial charge in [0.2, 0.25) is 0 Å². The number of hydrogen-bond donors (Lipinski definition) is 1. The van der Waals surface area contributed by atoms with E-state index in [2.05, 4.69) is 22.6 Å². The quantitative estimate of drug-likeness (QED) is 0.627. The van der Waals surface area contributed by atoms with Crippen molar-refractivity contribution in [2.24, 2.45) is 0 Å². The lowest BCUT2D eigenvalue weighted by Crippen LogP contribution is -2.35. The molecule has 0 aromatic heterocycles. The maximum atomic E-state index is 12.5. The molecule has 1 aromatic rings. The van der Waals surface area contributed by atoms with Crippen molar-refractivity contribution >= 4 is 40.1 Å². The van der Waals surface area contributed by atoms with Crippen molar-refractivity contribution in [3.8, 4) is 5.75 Å². The summed E-state index contributed by atoms with van der Waals surface area (Å²) in [6.45, 7) is 0.775. The fourth-order valence-corrected chi connectivity index (χ4v) is 3.20. The summed E-state index contributed by atoms with van der Waals surface area (Å²) in [4.78, 5) is 14.4. The van der Waals surface area contributed by atoms with Crippen LogP contribution in [0.25, 0.3) is 0 Å². The van der Waals surface area contributed by atoms with Crippen molar-refractivity contribution in [1.82, 2.24) is 4.90 Å². The first-order valence-corrected chi connectivity index (χ1v) is 8.10. The van der Waals surface area contributed by atoms with Gasteiger partial charge in [0.25, 0.3) is 5.91 Å². The van der Waals surface area contributed by atoms with Crippen LogP contribution in [0.2, 0.25) is 0 Å². The van der Waals surface area contributed by atoms with Crippen LogP contribution in [0.4, 0.5) is 0 Å². The van der Waals surface area contributed by atoms with E-state index in [9.17, 15) is 9.90 Å². The molecule has 0 radical (unpaired) electrons. The van der Waals surface area contributed by atoms with E-state index in [1.54, 1.807) is 18.2 Å². The fraction of sp³-hybridized carbons (Fsp3) is 0.500. The van der Waals surface area contributed by atoms with Crippen LogP contribution in [-0.4, -0.2) is 34.4 Å². The molecule has 104 valence electrons. The van der Waals surface area contributed by atoms with Crippen molar-refractivity contribution in [3.63, 3.8) is 0 Å². The van der Waals surface area contributed by atoms with Gasteiger partial charge >= 0.3 is 0 Å². The smallest absolute Gasteiger partial charge is 0.257 e. The van der Waals surface area contributed by atoms with Gasteiger partial charge in [-0.1, -0.05) is 0 Å². The molecule has 0 spiro atoms. The molecule has 1 unspecified atom stereocenters. The van der Waals surface area contributed by atoms with Crippen LogP contribution in [0, 0.1) is 3.57 Å². The maximum Gasteiger partial charge on any atom is 0.257 e. The minimum absolute atomic E-state index is 0.0620. The first-order valence-electron chi connectivity index (χ1n) is 6.49. The van der Waals surface area contributed by atoms with Gasteiger partial charge in [-0.2, -0.15) is 0 Å². The van der Waals surface area contributed by atoms with Crippen molar-refractivity contribution in [3.05, 3.63) is 27.3 Å². The lowest BCUT2D eigenvalue weighted by atomic mass is 10.1. The van der Waals surface area contributed by atoms with E-state index in [4.69, 9.17) is 11.6 Å². The molecular formula is C14H17ClINO2.